The SMILES string of the molecule is O=C(CSc1nnc(C2COc3ccccc3O2)n1-c1ccccc1)Nc1ccc2c(c1)OCO2. The summed E-state index contributed by atoms with van der Waals surface area (Å²) in [6.07, 6.45) is -0.450. The van der Waals surface area contributed by atoms with Gasteiger partial charge in [0.25, 0.3) is 0 Å². The van der Waals surface area contributed by atoms with E-state index in [9.17, 15) is 4.79 Å². The van der Waals surface area contributed by atoms with Crippen LogP contribution in [0.2, 0.25) is 0 Å². The number of carbonyl (C=O) groups is 1. The number of ether oxygens (including phenoxy) is 4. The summed E-state index contributed by atoms with van der Waals surface area (Å²) in [5.41, 5.74) is 1.50. The maximum Gasteiger partial charge on any atom is 0.234 e. The van der Waals surface area contributed by atoms with Gasteiger partial charge in [-0.05, 0) is 36.4 Å². The highest BCUT2D eigenvalue weighted by Gasteiger charge is 2.29. The second-order valence-electron chi connectivity index (χ2n) is 7.78. The molecule has 0 saturated carbocycles. The van der Waals surface area contributed by atoms with Gasteiger partial charge in [-0.2, -0.15) is 0 Å². The van der Waals surface area contributed by atoms with E-state index in [0.29, 0.717) is 46.3 Å². The Bertz CT molecular complexity index is 1380. The van der Waals surface area contributed by atoms with Gasteiger partial charge in [-0.1, -0.05) is 42.1 Å². The summed E-state index contributed by atoms with van der Waals surface area (Å²) in [7, 11) is 0. The Balaban J connectivity index is 1.21. The number of hydrogen-bond donors (Lipinski definition) is 1. The monoisotopic (exact) mass is 488 g/mol. The molecule has 10 heteroatoms. The van der Waals surface area contributed by atoms with Crippen LogP contribution in [0, 0.1) is 0 Å². The number of nitrogens with one attached hydrogen (secondary N) is 1. The summed E-state index contributed by atoms with van der Waals surface area (Å²) < 4.78 is 24.7. The number of fused-ring (bicyclic) bond motifs is 2. The van der Waals surface area contributed by atoms with Crippen LogP contribution < -0.4 is 24.3 Å². The number of rotatable bonds is 6. The van der Waals surface area contributed by atoms with E-state index in [4.69, 9.17) is 18.9 Å². The Morgan fingerprint density at radius 1 is 0.914 bits per heavy atom. The molecule has 0 aliphatic carbocycles. The lowest BCUT2D eigenvalue weighted by Gasteiger charge is -2.26. The standard InChI is InChI=1S/C25H20N4O5S/c30-23(26-16-10-11-19-21(12-16)33-15-32-19)14-35-25-28-27-24(29(25)17-6-2-1-3-7-17)22-13-31-18-8-4-5-9-20(18)34-22/h1-12,22H,13-15H2,(H,26,30). The molecule has 9 nitrogen and oxygen atoms in total. The van der Waals surface area contributed by atoms with Gasteiger partial charge in [0, 0.05) is 17.4 Å². The molecule has 6 rings (SSSR count). The first kappa shape index (κ1) is 21.4. The summed E-state index contributed by atoms with van der Waals surface area (Å²) >= 11 is 1.29. The van der Waals surface area contributed by atoms with Crippen molar-refractivity contribution in [3.8, 4) is 28.7 Å². The molecule has 1 unspecified atom stereocenters. The molecule has 3 heterocycles. The molecule has 1 aromatic heterocycles. The van der Waals surface area contributed by atoms with Crippen molar-refractivity contribution in [1.82, 2.24) is 14.8 Å². The Kier molecular flexibility index (Phi) is 5.63. The van der Waals surface area contributed by atoms with Gasteiger partial charge in [0.2, 0.25) is 12.7 Å². The third kappa shape index (κ3) is 4.35. The Morgan fingerprint density at radius 3 is 2.57 bits per heavy atom. The van der Waals surface area contributed by atoms with Crippen LogP contribution in [0.3, 0.4) is 0 Å². The number of para-hydroxylation sites is 3. The number of carbonyl (C=O) groups excluding carboxylic acids is 1. The van der Waals surface area contributed by atoms with E-state index in [0.717, 1.165) is 5.69 Å². The van der Waals surface area contributed by atoms with Crippen LogP contribution in [0.25, 0.3) is 5.69 Å². The molecule has 2 aliphatic heterocycles. The topological polar surface area (TPSA) is 96.7 Å². The molecule has 0 fully saturated rings. The van der Waals surface area contributed by atoms with Crippen molar-refractivity contribution in [2.24, 2.45) is 0 Å². The van der Waals surface area contributed by atoms with Crippen LogP contribution in [-0.2, 0) is 4.79 Å². The molecule has 4 aromatic rings. The number of amides is 1. The maximum absolute atomic E-state index is 12.7. The molecule has 35 heavy (non-hydrogen) atoms. The highest BCUT2D eigenvalue weighted by Crippen LogP contribution is 2.37. The second-order valence-corrected chi connectivity index (χ2v) is 8.72. The summed E-state index contributed by atoms with van der Waals surface area (Å²) in [5, 5.41) is 12.3. The third-order valence-corrected chi connectivity index (χ3v) is 6.39. The fraction of sp³-hybridized carbons (Fsp3) is 0.160. The largest absolute Gasteiger partial charge is 0.485 e. The van der Waals surface area contributed by atoms with Crippen molar-refractivity contribution in [2.75, 3.05) is 24.5 Å². The van der Waals surface area contributed by atoms with Crippen LogP contribution in [0.4, 0.5) is 5.69 Å². The Labute approximate surface area is 205 Å². The molecule has 2 aliphatic rings. The van der Waals surface area contributed by atoms with Crippen LogP contribution in [0.1, 0.15) is 11.9 Å². The molecule has 0 spiro atoms. The number of benzene rings is 3. The molecular weight excluding hydrogens is 468 g/mol. The zero-order valence-corrected chi connectivity index (χ0v) is 19.2. The summed E-state index contributed by atoms with van der Waals surface area (Å²) in [6, 6.07) is 22.6. The van der Waals surface area contributed by atoms with E-state index in [2.05, 4.69) is 15.5 Å². The van der Waals surface area contributed by atoms with Gasteiger partial charge in [-0.3, -0.25) is 9.36 Å². The predicted molar refractivity (Wildman–Crippen MR) is 129 cm³/mol. The first-order valence-electron chi connectivity index (χ1n) is 11.0. The lowest BCUT2D eigenvalue weighted by Crippen LogP contribution is -2.24. The molecule has 3 aromatic carbocycles. The van der Waals surface area contributed by atoms with Crippen molar-refractivity contribution in [1.29, 1.82) is 0 Å². The lowest BCUT2D eigenvalue weighted by molar-refractivity contribution is -0.113. The highest BCUT2D eigenvalue weighted by atomic mass is 32.2. The molecule has 1 N–H and O–H groups in total. The van der Waals surface area contributed by atoms with Gasteiger partial charge in [0.05, 0.1) is 5.75 Å². The third-order valence-electron chi connectivity index (χ3n) is 5.46. The Morgan fingerprint density at radius 2 is 1.69 bits per heavy atom. The minimum absolute atomic E-state index is 0.143. The van der Waals surface area contributed by atoms with Crippen molar-refractivity contribution < 1.29 is 23.7 Å². The van der Waals surface area contributed by atoms with Gasteiger partial charge in [0.15, 0.2) is 40.1 Å². The van der Waals surface area contributed by atoms with Gasteiger partial charge in [-0.15, -0.1) is 10.2 Å². The zero-order chi connectivity index (χ0) is 23.6. The minimum atomic E-state index is -0.450. The maximum atomic E-state index is 12.7. The van der Waals surface area contributed by atoms with Crippen LogP contribution in [0.5, 0.6) is 23.0 Å². The van der Waals surface area contributed by atoms with Crippen molar-refractivity contribution in [2.45, 2.75) is 11.3 Å². The second kappa shape index (κ2) is 9.22. The molecule has 0 bridgehead atoms. The van der Waals surface area contributed by atoms with Gasteiger partial charge in [-0.25, -0.2) is 0 Å². The van der Waals surface area contributed by atoms with E-state index >= 15 is 0 Å². The highest BCUT2D eigenvalue weighted by molar-refractivity contribution is 7.99. The molecule has 176 valence electrons. The van der Waals surface area contributed by atoms with E-state index in [-0.39, 0.29) is 18.5 Å². The quantitative estimate of drug-likeness (QED) is 0.403. The number of aromatic nitrogens is 3. The molecule has 1 atom stereocenters. The average Bonchev–Trinajstić information content (AvgIpc) is 3.54. The van der Waals surface area contributed by atoms with Crippen molar-refractivity contribution in [3.05, 3.63) is 78.6 Å². The fourth-order valence-corrected chi connectivity index (χ4v) is 4.61. The van der Waals surface area contributed by atoms with E-state index in [1.165, 1.54) is 11.8 Å². The average molecular weight is 489 g/mol. The van der Waals surface area contributed by atoms with Gasteiger partial charge < -0.3 is 24.3 Å². The molecular formula is C25H20N4O5S. The van der Waals surface area contributed by atoms with Crippen LogP contribution in [0.15, 0.2) is 78.0 Å². The van der Waals surface area contributed by atoms with Crippen molar-refractivity contribution >= 4 is 23.4 Å². The van der Waals surface area contributed by atoms with Gasteiger partial charge >= 0.3 is 0 Å². The number of anilines is 1. The molecule has 0 radical (unpaired) electrons. The number of nitrogens with zero attached hydrogens (tertiary/aromatic N) is 3. The van der Waals surface area contributed by atoms with Crippen LogP contribution in [-0.4, -0.2) is 39.8 Å². The van der Waals surface area contributed by atoms with E-state index in [1.807, 2.05) is 59.2 Å². The number of thioether (sulfide) groups is 1. The van der Waals surface area contributed by atoms with Crippen LogP contribution >= 0.6 is 11.8 Å². The Hall–Kier alpha value is -4.18. The minimum Gasteiger partial charge on any atom is -0.485 e. The van der Waals surface area contributed by atoms with E-state index < -0.39 is 6.10 Å². The summed E-state index contributed by atoms with van der Waals surface area (Å²) in [6.45, 7) is 0.485. The molecule has 0 saturated heterocycles. The summed E-state index contributed by atoms with van der Waals surface area (Å²) in [4.78, 5) is 12.7. The van der Waals surface area contributed by atoms with Gasteiger partial charge in [0.1, 0.15) is 6.61 Å². The first-order valence-corrected chi connectivity index (χ1v) is 11.9. The fourth-order valence-electron chi connectivity index (χ4n) is 3.85. The summed E-state index contributed by atoms with van der Waals surface area (Å²) in [5.74, 6) is 3.20. The normalized spacial score (nSPS) is 15.6. The predicted octanol–water partition coefficient (Wildman–Crippen LogP) is 4.24. The first-order chi connectivity index (χ1) is 17.2. The van der Waals surface area contributed by atoms with Crippen molar-refractivity contribution in [3.63, 3.8) is 0 Å². The lowest BCUT2D eigenvalue weighted by atomic mass is 10.2. The smallest absolute Gasteiger partial charge is 0.234 e. The zero-order valence-electron chi connectivity index (χ0n) is 18.4. The van der Waals surface area contributed by atoms with E-state index in [1.54, 1.807) is 18.2 Å². The molecule has 1 amide bonds. The number of hydrogen-bond acceptors (Lipinski definition) is 8.